The molecule has 0 bridgehead atoms. The zero-order valence-electron chi connectivity index (χ0n) is 17.1. The van der Waals surface area contributed by atoms with Crippen LogP contribution in [0.1, 0.15) is 61.7 Å². The Labute approximate surface area is 171 Å². The Morgan fingerprint density at radius 3 is 2.72 bits per heavy atom. The largest absolute Gasteiger partial charge is 0.339 e. The molecule has 1 spiro atoms. The standard InChI is InChI=1S/C22H28N4O3/c1-15-23-20(29-24-15)16-6-5-13-25(14-16)17-9-11-22(12-10-17)18-7-3-4-8-19(18)26(28-2)21(22)27/h3-4,7-8,16-17H,5-6,9-14H2,1-2H3/t16-,17?,22?/m1/s1. The maximum Gasteiger partial charge on any atom is 0.261 e. The SMILES string of the molecule is CON1C(=O)C2(CCC(N3CCC[C@@H](c4nc(C)no4)C3)CC2)c2ccccc21. The number of benzene rings is 1. The Hall–Kier alpha value is -2.25. The van der Waals surface area contributed by atoms with Crippen molar-refractivity contribution in [1.82, 2.24) is 15.0 Å². The molecule has 2 aromatic rings. The van der Waals surface area contributed by atoms with Gasteiger partial charge in [-0.2, -0.15) is 10.0 Å². The van der Waals surface area contributed by atoms with Crippen molar-refractivity contribution in [2.24, 2.45) is 0 Å². The molecule has 0 N–H and O–H groups in total. The second kappa shape index (κ2) is 7.22. The molecule has 0 radical (unpaired) electrons. The molecular weight excluding hydrogens is 368 g/mol. The number of carbonyl (C=O) groups excluding carboxylic acids is 1. The molecule has 1 aliphatic carbocycles. The summed E-state index contributed by atoms with van der Waals surface area (Å²) < 4.78 is 5.44. The molecule has 7 heteroatoms. The number of nitrogens with zero attached hydrogens (tertiary/aromatic N) is 4. The average Bonchev–Trinajstić information content (AvgIpc) is 3.29. The molecular formula is C22H28N4O3. The fraction of sp³-hybridized carbons (Fsp3) is 0.591. The predicted molar refractivity (Wildman–Crippen MR) is 107 cm³/mol. The number of aromatic nitrogens is 2. The van der Waals surface area contributed by atoms with Gasteiger partial charge in [0.25, 0.3) is 5.91 Å². The summed E-state index contributed by atoms with van der Waals surface area (Å²) in [6.07, 6.45) is 6.03. The summed E-state index contributed by atoms with van der Waals surface area (Å²) in [4.78, 5) is 25.7. The number of fused-ring (bicyclic) bond motifs is 2. The lowest BCUT2D eigenvalue weighted by Crippen LogP contribution is -2.49. The summed E-state index contributed by atoms with van der Waals surface area (Å²) in [7, 11) is 1.58. The van der Waals surface area contributed by atoms with E-state index in [4.69, 9.17) is 9.36 Å². The fourth-order valence-electron chi connectivity index (χ4n) is 5.62. The Bertz CT molecular complexity index is 903. The van der Waals surface area contributed by atoms with E-state index in [0.29, 0.717) is 17.8 Å². The van der Waals surface area contributed by atoms with Crippen LogP contribution in [-0.2, 0) is 15.0 Å². The Morgan fingerprint density at radius 1 is 1.21 bits per heavy atom. The van der Waals surface area contributed by atoms with Gasteiger partial charge >= 0.3 is 0 Å². The molecule has 2 aliphatic heterocycles. The van der Waals surface area contributed by atoms with Crippen LogP contribution in [0.15, 0.2) is 28.8 Å². The van der Waals surface area contributed by atoms with Gasteiger partial charge in [0.2, 0.25) is 5.89 Å². The highest BCUT2D eigenvalue weighted by Gasteiger charge is 2.53. The van der Waals surface area contributed by atoms with E-state index in [1.165, 1.54) is 5.06 Å². The molecule has 3 aliphatic rings. The van der Waals surface area contributed by atoms with Crippen LogP contribution in [0.4, 0.5) is 5.69 Å². The van der Waals surface area contributed by atoms with Crippen LogP contribution in [0, 0.1) is 6.92 Å². The minimum absolute atomic E-state index is 0.0949. The highest BCUT2D eigenvalue weighted by Crippen LogP contribution is 2.50. The van der Waals surface area contributed by atoms with Gasteiger partial charge in [0, 0.05) is 12.6 Å². The molecule has 1 saturated carbocycles. The van der Waals surface area contributed by atoms with Crippen molar-refractivity contribution < 1.29 is 14.2 Å². The average molecular weight is 396 g/mol. The molecule has 1 aromatic heterocycles. The van der Waals surface area contributed by atoms with Crippen molar-refractivity contribution in [3.05, 3.63) is 41.5 Å². The van der Waals surface area contributed by atoms with Gasteiger partial charge in [0.05, 0.1) is 24.1 Å². The van der Waals surface area contributed by atoms with Crippen LogP contribution in [0.2, 0.25) is 0 Å². The first-order chi connectivity index (χ1) is 14.1. The highest BCUT2D eigenvalue weighted by molar-refractivity contribution is 6.06. The summed E-state index contributed by atoms with van der Waals surface area (Å²) in [6.45, 7) is 3.94. The second-order valence-electron chi connectivity index (χ2n) is 8.63. The van der Waals surface area contributed by atoms with Crippen LogP contribution in [-0.4, -0.2) is 47.2 Å². The van der Waals surface area contributed by atoms with Gasteiger partial charge in [-0.1, -0.05) is 23.4 Å². The van der Waals surface area contributed by atoms with Crippen LogP contribution in [0.3, 0.4) is 0 Å². The van der Waals surface area contributed by atoms with Gasteiger partial charge in [-0.3, -0.25) is 14.5 Å². The molecule has 7 nitrogen and oxygen atoms in total. The van der Waals surface area contributed by atoms with E-state index >= 15 is 0 Å². The lowest BCUT2D eigenvalue weighted by Gasteiger charge is -2.43. The summed E-state index contributed by atoms with van der Waals surface area (Å²) in [6, 6.07) is 8.58. The number of piperidine rings is 1. The Balaban J connectivity index is 1.31. The first-order valence-electron chi connectivity index (χ1n) is 10.6. The van der Waals surface area contributed by atoms with Gasteiger partial charge in [0.1, 0.15) is 0 Å². The number of hydrogen-bond donors (Lipinski definition) is 0. The lowest BCUT2D eigenvalue weighted by molar-refractivity contribution is -0.130. The Kier molecular flexibility index (Phi) is 4.67. The molecule has 154 valence electrons. The van der Waals surface area contributed by atoms with Crippen LogP contribution in [0.25, 0.3) is 0 Å². The first-order valence-corrected chi connectivity index (χ1v) is 10.6. The third kappa shape index (κ3) is 2.99. The third-order valence-electron chi connectivity index (χ3n) is 7.09. The van der Waals surface area contributed by atoms with Crippen LogP contribution >= 0.6 is 0 Å². The number of rotatable bonds is 3. The molecule has 0 unspecified atom stereocenters. The molecule has 5 rings (SSSR count). The normalized spacial score (nSPS) is 30.1. The summed E-state index contributed by atoms with van der Waals surface area (Å²) in [5.41, 5.74) is 1.61. The molecule has 2 fully saturated rings. The quantitative estimate of drug-likeness (QED) is 0.792. The van der Waals surface area contributed by atoms with Crippen LogP contribution in [0.5, 0.6) is 0 Å². The van der Waals surface area contributed by atoms with E-state index in [0.717, 1.165) is 68.8 Å². The molecule has 1 saturated heterocycles. The zero-order valence-corrected chi connectivity index (χ0v) is 17.1. The van der Waals surface area contributed by atoms with Crippen molar-refractivity contribution in [3.8, 4) is 0 Å². The molecule has 1 amide bonds. The number of amides is 1. The lowest BCUT2D eigenvalue weighted by atomic mass is 9.68. The number of hydrogen-bond acceptors (Lipinski definition) is 6. The number of aryl methyl sites for hydroxylation is 1. The first kappa shape index (κ1) is 18.8. The zero-order chi connectivity index (χ0) is 20.0. The minimum Gasteiger partial charge on any atom is -0.339 e. The van der Waals surface area contributed by atoms with E-state index in [9.17, 15) is 4.79 Å². The molecule has 1 aromatic carbocycles. The third-order valence-corrected chi connectivity index (χ3v) is 7.09. The molecule has 29 heavy (non-hydrogen) atoms. The maximum absolute atomic E-state index is 13.3. The predicted octanol–water partition coefficient (Wildman–Crippen LogP) is 3.35. The van der Waals surface area contributed by atoms with Crippen molar-refractivity contribution >= 4 is 11.6 Å². The number of anilines is 1. The second-order valence-corrected chi connectivity index (χ2v) is 8.63. The summed E-state index contributed by atoms with van der Waals surface area (Å²) in [5.74, 6) is 1.89. The van der Waals surface area contributed by atoms with Crippen LogP contribution < -0.4 is 5.06 Å². The molecule has 1 atom stereocenters. The number of para-hydroxylation sites is 1. The summed E-state index contributed by atoms with van der Waals surface area (Å²) in [5, 5.41) is 5.45. The monoisotopic (exact) mass is 396 g/mol. The molecule has 3 heterocycles. The Morgan fingerprint density at radius 2 is 2.00 bits per heavy atom. The number of hydroxylamine groups is 1. The van der Waals surface area contributed by atoms with Gasteiger partial charge < -0.3 is 4.52 Å². The minimum atomic E-state index is -0.429. The number of carbonyl (C=O) groups is 1. The van der Waals surface area contributed by atoms with Gasteiger partial charge in [-0.25, -0.2) is 0 Å². The van der Waals surface area contributed by atoms with Crippen molar-refractivity contribution in [2.75, 3.05) is 25.3 Å². The van der Waals surface area contributed by atoms with E-state index in [1.54, 1.807) is 7.11 Å². The number of likely N-dealkylation sites (tertiary alicyclic amines) is 1. The van der Waals surface area contributed by atoms with E-state index < -0.39 is 5.41 Å². The topological polar surface area (TPSA) is 71.7 Å². The van der Waals surface area contributed by atoms with Crippen molar-refractivity contribution in [1.29, 1.82) is 0 Å². The summed E-state index contributed by atoms with van der Waals surface area (Å²) >= 11 is 0. The van der Waals surface area contributed by atoms with Crippen molar-refractivity contribution in [2.45, 2.75) is 62.8 Å². The maximum atomic E-state index is 13.3. The van der Waals surface area contributed by atoms with Gasteiger partial charge in [0.15, 0.2) is 5.82 Å². The van der Waals surface area contributed by atoms with E-state index in [-0.39, 0.29) is 5.91 Å². The smallest absolute Gasteiger partial charge is 0.261 e. The van der Waals surface area contributed by atoms with E-state index in [1.807, 2.05) is 25.1 Å². The fourth-order valence-corrected chi connectivity index (χ4v) is 5.62. The van der Waals surface area contributed by atoms with E-state index in [2.05, 4.69) is 21.1 Å². The highest BCUT2D eigenvalue weighted by atomic mass is 16.7. The van der Waals surface area contributed by atoms with Crippen molar-refractivity contribution in [3.63, 3.8) is 0 Å². The van der Waals surface area contributed by atoms with Gasteiger partial charge in [-0.15, -0.1) is 0 Å². The van der Waals surface area contributed by atoms with Gasteiger partial charge in [-0.05, 0) is 63.6 Å².